The van der Waals surface area contributed by atoms with Crippen LogP contribution in [-0.4, -0.2) is 81.5 Å². The number of hydrogen-bond acceptors (Lipinski definition) is 9. The fraction of sp³-hybridized carbons (Fsp3) is 0.645. The number of aromatic nitrogens is 2. The van der Waals surface area contributed by atoms with E-state index in [1.54, 1.807) is 4.57 Å². The average Bonchev–Trinajstić information content (AvgIpc) is 3.32. The molecule has 0 radical (unpaired) electrons. The first kappa shape index (κ1) is 29.9. The quantitative estimate of drug-likeness (QED) is 0.148. The van der Waals surface area contributed by atoms with Crippen molar-refractivity contribution < 1.29 is 9.84 Å². The Kier molecular flexibility index (Phi) is 8.90. The van der Waals surface area contributed by atoms with Gasteiger partial charge < -0.3 is 37.3 Å². The second-order valence-electron chi connectivity index (χ2n) is 12.8. The van der Waals surface area contributed by atoms with Gasteiger partial charge in [0.05, 0.1) is 17.4 Å². The van der Waals surface area contributed by atoms with Gasteiger partial charge >= 0.3 is 5.69 Å². The van der Waals surface area contributed by atoms with Gasteiger partial charge in [-0.3, -0.25) is 14.5 Å². The zero-order valence-corrected chi connectivity index (χ0v) is 25.1. The highest BCUT2D eigenvalue weighted by molar-refractivity contribution is 5.75. The fourth-order valence-electron chi connectivity index (χ4n) is 7.39. The van der Waals surface area contributed by atoms with Crippen molar-refractivity contribution in [3.05, 3.63) is 40.4 Å². The Hall–Kier alpha value is -3.19. The van der Waals surface area contributed by atoms with Crippen LogP contribution in [0, 0.1) is 0 Å². The second-order valence-corrected chi connectivity index (χ2v) is 12.8. The van der Waals surface area contributed by atoms with Crippen LogP contribution in [0.4, 0.5) is 11.5 Å². The maximum Gasteiger partial charge on any atom is 0.350 e. The van der Waals surface area contributed by atoms with Crippen molar-refractivity contribution in [2.75, 3.05) is 44.6 Å². The minimum absolute atomic E-state index is 0.0765. The molecule has 0 amide bonds. The summed E-state index contributed by atoms with van der Waals surface area (Å²) in [6.07, 6.45) is 10.9. The predicted molar refractivity (Wildman–Crippen MR) is 168 cm³/mol. The Bertz CT molecular complexity index is 1360. The van der Waals surface area contributed by atoms with E-state index in [0.29, 0.717) is 24.0 Å². The summed E-state index contributed by atoms with van der Waals surface area (Å²) in [6, 6.07) is 6.35. The summed E-state index contributed by atoms with van der Waals surface area (Å²) in [5.74, 6) is 2.28. The molecule has 3 fully saturated rings. The Morgan fingerprint density at radius 3 is 2.65 bits per heavy atom. The number of likely N-dealkylation sites (tertiary alicyclic amines) is 2. The molecule has 12 heteroatoms. The van der Waals surface area contributed by atoms with E-state index >= 15 is 0 Å². The van der Waals surface area contributed by atoms with Gasteiger partial charge in [-0.05, 0) is 88.1 Å². The fourth-order valence-corrected chi connectivity index (χ4v) is 7.39. The first-order valence-electron chi connectivity index (χ1n) is 16.0. The van der Waals surface area contributed by atoms with Gasteiger partial charge in [-0.1, -0.05) is 18.9 Å². The smallest absolute Gasteiger partial charge is 0.350 e. The second kappa shape index (κ2) is 12.8. The van der Waals surface area contributed by atoms with Gasteiger partial charge in [-0.25, -0.2) is 4.79 Å². The zero-order valence-electron chi connectivity index (χ0n) is 25.1. The van der Waals surface area contributed by atoms with Crippen LogP contribution in [0.5, 0.6) is 11.5 Å². The van der Waals surface area contributed by atoms with E-state index in [9.17, 15) is 9.90 Å². The zero-order chi connectivity index (χ0) is 30.0. The number of nitrogens with one attached hydrogen (secondary N) is 1. The van der Waals surface area contributed by atoms with E-state index in [0.717, 1.165) is 108 Å². The topological polar surface area (TPSA) is 173 Å². The minimum atomic E-state index is -0.569. The summed E-state index contributed by atoms with van der Waals surface area (Å²) >= 11 is 0. The molecule has 12 nitrogen and oxygen atoms in total. The highest BCUT2D eigenvalue weighted by Crippen LogP contribution is 2.43. The standard InChI is InChI=1S/C31H47N9O3/c32-29(33)35-13-4-15-38-14-3-5-23(10-16-38)40-20-26-27(37-30(40)42)36-24-19-22(6-7-25(24)43-26)21-8-17-39(18-9-21)28(41)31(34)11-1-2-12-31/h6-7,19-21,23,28,41H,1-5,8-18,34H2,(H4,32,33,35)(H,36,37,42). The Morgan fingerprint density at radius 2 is 1.88 bits per heavy atom. The molecule has 2 saturated heterocycles. The van der Waals surface area contributed by atoms with Gasteiger partial charge in [-0.15, -0.1) is 0 Å². The van der Waals surface area contributed by atoms with Gasteiger partial charge in [-0.2, -0.15) is 4.98 Å². The number of nitrogens with two attached hydrogens (primary N) is 3. The number of rotatable bonds is 8. The average molecular weight is 594 g/mol. The van der Waals surface area contributed by atoms with Crippen LogP contribution in [0.3, 0.4) is 0 Å². The molecule has 0 bridgehead atoms. The molecule has 234 valence electrons. The minimum Gasteiger partial charge on any atom is -0.450 e. The van der Waals surface area contributed by atoms with Gasteiger partial charge in [0.1, 0.15) is 6.23 Å². The van der Waals surface area contributed by atoms with Crippen LogP contribution in [0.1, 0.15) is 81.7 Å². The maximum absolute atomic E-state index is 13.2. The predicted octanol–water partition coefficient (Wildman–Crippen LogP) is 2.55. The molecule has 4 heterocycles. The van der Waals surface area contributed by atoms with Crippen molar-refractivity contribution in [2.45, 2.75) is 87.9 Å². The first-order chi connectivity index (χ1) is 20.8. The van der Waals surface area contributed by atoms with E-state index < -0.39 is 11.8 Å². The summed E-state index contributed by atoms with van der Waals surface area (Å²) in [6.45, 7) is 5.11. The lowest BCUT2D eigenvalue weighted by molar-refractivity contribution is -0.0619. The van der Waals surface area contributed by atoms with Crippen LogP contribution in [0.15, 0.2) is 34.2 Å². The van der Waals surface area contributed by atoms with Crippen molar-refractivity contribution in [2.24, 2.45) is 22.2 Å². The highest BCUT2D eigenvalue weighted by Gasteiger charge is 2.41. The largest absolute Gasteiger partial charge is 0.450 e. The summed E-state index contributed by atoms with van der Waals surface area (Å²) < 4.78 is 8.03. The van der Waals surface area contributed by atoms with Crippen molar-refractivity contribution in [3.8, 4) is 11.5 Å². The molecule has 2 atom stereocenters. The summed E-state index contributed by atoms with van der Waals surface area (Å²) in [4.78, 5) is 26.2. The Morgan fingerprint density at radius 1 is 1.09 bits per heavy atom. The van der Waals surface area contributed by atoms with E-state index in [1.165, 1.54) is 5.56 Å². The lowest BCUT2D eigenvalue weighted by atomic mass is 9.87. The number of hydrogen-bond donors (Lipinski definition) is 5. The van der Waals surface area contributed by atoms with E-state index in [-0.39, 0.29) is 17.7 Å². The molecule has 1 aromatic carbocycles. The summed E-state index contributed by atoms with van der Waals surface area (Å²) in [5.41, 5.74) is 18.7. The normalized spacial score (nSPS) is 23.3. The van der Waals surface area contributed by atoms with Crippen molar-refractivity contribution >= 4 is 17.5 Å². The summed E-state index contributed by atoms with van der Waals surface area (Å²) in [5, 5.41) is 14.3. The van der Waals surface area contributed by atoms with Crippen LogP contribution >= 0.6 is 0 Å². The maximum atomic E-state index is 13.2. The number of aliphatic imine (C=N–C) groups is 1. The lowest BCUT2D eigenvalue weighted by Gasteiger charge is -2.42. The van der Waals surface area contributed by atoms with Crippen LogP contribution in [0.2, 0.25) is 0 Å². The molecule has 2 aromatic rings. The third kappa shape index (κ3) is 6.67. The monoisotopic (exact) mass is 593 g/mol. The van der Waals surface area contributed by atoms with Crippen LogP contribution in [0.25, 0.3) is 0 Å². The SMILES string of the molecule is NC(N)=NCCCN1CCCC(n2cc3c(nc2=O)Nc2cc(C4CCN(C(O)C5(N)CCCC5)CC4)ccc2O3)CC1. The molecule has 1 saturated carbocycles. The third-order valence-electron chi connectivity index (χ3n) is 9.90. The number of piperidine rings is 1. The molecule has 2 unspecified atom stereocenters. The van der Waals surface area contributed by atoms with Crippen molar-refractivity contribution in [1.29, 1.82) is 0 Å². The Labute approximate surface area is 253 Å². The molecule has 0 spiro atoms. The molecule has 1 aliphatic carbocycles. The number of ether oxygens (including phenoxy) is 1. The molecule has 6 rings (SSSR count). The third-order valence-corrected chi connectivity index (χ3v) is 9.90. The number of fused-ring (bicyclic) bond motifs is 2. The molecule has 43 heavy (non-hydrogen) atoms. The van der Waals surface area contributed by atoms with Gasteiger partial charge in [0.15, 0.2) is 23.3 Å². The molecule has 3 aliphatic heterocycles. The van der Waals surface area contributed by atoms with Crippen LogP contribution < -0.4 is 32.9 Å². The Balaban J connectivity index is 1.07. The number of benzene rings is 1. The lowest BCUT2D eigenvalue weighted by Crippen LogP contribution is -2.58. The number of anilines is 2. The van der Waals surface area contributed by atoms with E-state index in [2.05, 4.69) is 37.2 Å². The summed E-state index contributed by atoms with van der Waals surface area (Å²) in [7, 11) is 0. The highest BCUT2D eigenvalue weighted by atomic mass is 16.5. The molecule has 4 aliphatic rings. The first-order valence-corrected chi connectivity index (χ1v) is 16.0. The van der Waals surface area contributed by atoms with Crippen molar-refractivity contribution in [3.63, 3.8) is 0 Å². The van der Waals surface area contributed by atoms with Crippen LogP contribution in [-0.2, 0) is 0 Å². The van der Waals surface area contributed by atoms with E-state index in [4.69, 9.17) is 21.9 Å². The van der Waals surface area contributed by atoms with Gasteiger partial charge in [0.2, 0.25) is 0 Å². The number of aliphatic hydroxyl groups excluding tert-OH is 1. The van der Waals surface area contributed by atoms with E-state index in [1.807, 2.05) is 12.3 Å². The van der Waals surface area contributed by atoms with Gasteiger partial charge in [0.25, 0.3) is 0 Å². The molecule has 8 N–H and O–H groups in total. The number of guanidine groups is 1. The number of nitrogens with zero attached hydrogens (tertiary/aromatic N) is 5. The number of aliphatic hydroxyl groups is 1. The van der Waals surface area contributed by atoms with Crippen molar-refractivity contribution in [1.82, 2.24) is 19.4 Å². The molecule has 1 aromatic heterocycles. The molecular weight excluding hydrogens is 546 g/mol. The van der Waals surface area contributed by atoms with Gasteiger partial charge in [0, 0.05) is 32.2 Å². The molecular formula is C31H47N9O3.